The fraction of sp³-hybridized carbons (Fsp3) is 0.432. The zero-order valence-corrected chi connectivity index (χ0v) is 26.3. The predicted octanol–water partition coefficient (Wildman–Crippen LogP) is 5.01. The lowest BCUT2D eigenvalue weighted by molar-refractivity contribution is 0.0649. The lowest BCUT2D eigenvalue weighted by Gasteiger charge is -2.32. The van der Waals surface area contributed by atoms with Crippen molar-refractivity contribution in [3.8, 4) is 6.07 Å². The number of likely N-dealkylation sites (tertiary alicyclic amines) is 2. The van der Waals surface area contributed by atoms with Crippen LogP contribution in [0.1, 0.15) is 74.4 Å². The van der Waals surface area contributed by atoms with Crippen LogP contribution >= 0.6 is 0 Å². The summed E-state index contributed by atoms with van der Waals surface area (Å²) in [4.78, 5) is 50.2. The second kappa shape index (κ2) is 14.8. The van der Waals surface area contributed by atoms with Crippen LogP contribution in [0.15, 0.2) is 66.9 Å². The number of carbonyl (C=O) groups excluding carboxylic acids is 3. The van der Waals surface area contributed by atoms with Gasteiger partial charge in [0.2, 0.25) is 0 Å². The fourth-order valence-corrected chi connectivity index (χ4v) is 6.76. The molecule has 4 heterocycles. The molecule has 1 amide bonds. The van der Waals surface area contributed by atoms with Crippen molar-refractivity contribution in [1.82, 2.24) is 14.8 Å². The number of Topliss-reactive ketones (excluding diaryl/α,β-unsaturated/α-hetero) is 2. The normalized spacial score (nSPS) is 18.2. The monoisotopic (exact) mass is 619 g/mol. The maximum Gasteiger partial charge on any atom is 0.255 e. The third kappa shape index (κ3) is 7.69. The van der Waals surface area contributed by atoms with Gasteiger partial charge in [0.1, 0.15) is 5.69 Å². The molecule has 0 unspecified atom stereocenters. The van der Waals surface area contributed by atoms with Gasteiger partial charge >= 0.3 is 0 Å². The topological polar surface area (TPSA) is 107 Å². The summed E-state index contributed by atoms with van der Waals surface area (Å²) < 4.78 is 5.43. The molecule has 0 N–H and O–H groups in total. The minimum absolute atomic E-state index is 0.0156. The number of amides is 1. The Morgan fingerprint density at radius 2 is 1.48 bits per heavy atom. The second-order valence-corrected chi connectivity index (χ2v) is 12.7. The van der Waals surface area contributed by atoms with Crippen molar-refractivity contribution in [2.45, 2.75) is 38.6 Å². The summed E-state index contributed by atoms with van der Waals surface area (Å²) >= 11 is 0. The van der Waals surface area contributed by atoms with Gasteiger partial charge in [0.05, 0.1) is 30.4 Å². The minimum Gasteiger partial charge on any atom is -0.378 e. The highest BCUT2D eigenvalue weighted by atomic mass is 16.5. The average Bonchev–Trinajstić information content (AvgIpc) is 3.13. The summed E-state index contributed by atoms with van der Waals surface area (Å²) in [7, 11) is 0. The first kappa shape index (κ1) is 31.6. The van der Waals surface area contributed by atoms with Crippen LogP contribution in [-0.2, 0) is 11.3 Å². The van der Waals surface area contributed by atoms with Crippen molar-refractivity contribution in [2.24, 2.45) is 11.8 Å². The molecule has 9 heteroatoms. The molecule has 0 radical (unpaired) electrons. The van der Waals surface area contributed by atoms with E-state index in [9.17, 15) is 14.4 Å². The number of nitriles is 1. The minimum atomic E-state index is -0.109. The molecule has 238 valence electrons. The standard InChI is InChI=1S/C37H41N5O4/c38-24-28-1-3-29(4-2-28)26-40-15-11-27(12-16-40)23-35(43)34-10-7-32(25-39-34)37(45)42-17-13-31(14-18-42)36(44)30-5-8-33(9-6-30)41-19-21-46-22-20-41/h1-10,25,27,31H,11-23,26H2. The van der Waals surface area contributed by atoms with Crippen LogP contribution in [0, 0.1) is 23.2 Å². The summed E-state index contributed by atoms with van der Waals surface area (Å²) in [6.45, 7) is 6.91. The molecule has 6 rings (SSSR count). The fourth-order valence-electron chi connectivity index (χ4n) is 6.76. The molecule has 46 heavy (non-hydrogen) atoms. The molecule has 2 aromatic carbocycles. The molecule has 0 atom stereocenters. The van der Waals surface area contributed by atoms with E-state index in [0.29, 0.717) is 55.1 Å². The smallest absolute Gasteiger partial charge is 0.255 e. The number of morpholine rings is 1. The highest BCUT2D eigenvalue weighted by molar-refractivity contribution is 5.99. The lowest BCUT2D eigenvalue weighted by atomic mass is 9.88. The average molecular weight is 620 g/mol. The Labute approximate surface area is 270 Å². The zero-order chi connectivity index (χ0) is 31.9. The molecule has 0 aliphatic carbocycles. The van der Waals surface area contributed by atoms with Crippen LogP contribution < -0.4 is 4.90 Å². The molecule has 1 aromatic heterocycles. The van der Waals surface area contributed by atoms with Gasteiger partial charge in [-0.1, -0.05) is 12.1 Å². The van der Waals surface area contributed by atoms with Gasteiger partial charge in [-0.25, -0.2) is 0 Å². The number of benzene rings is 2. The van der Waals surface area contributed by atoms with Gasteiger partial charge in [0.15, 0.2) is 11.6 Å². The maximum absolute atomic E-state index is 13.2. The SMILES string of the molecule is N#Cc1ccc(CN2CCC(CC(=O)c3ccc(C(=O)N4CCC(C(=O)c5ccc(N6CCOCC6)cc5)CC4)cn3)CC2)cc1. The highest BCUT2D eigenvalue weighted by Crippen LogP contribution is 2.26. The molecule has 9 nitrogen and oxygen atoms in total. The van der Waals surface area contributed by atoms with E-state index in [0.717, 1.165) is 70.0 Å². The Balaban J connectivity index is 0.937. The van der Waals surface area contributed by atoms with Gasteiger partial charge < -0.3 is 14.5 Å². The van der Waals surface area contributed by atoms with Gasteiger partial charge in [-0.3, -0.25) is 24.3 Å². The van der Waals surface area contributed by atoms with Crippen molar-refractivity contribution in [1.29, 1.82) is 5.26 Å². The van der Waals surface area contributed by atoms with Gasteiger partial charge in [0.25, 0.3) is 5.91 Å². The van der Waals surface area contributed by atoms with Gasteiger partial charge in [0, 0.05) is 62.5 Å². The van der Waals surface area contributed by atoms with Crippen LogP contribution in [0.5, 0.6) is 0 Å². The summed E-state index contributed by atoms with van der Waals surface area (Å²) in [5.41, 5.74) is 4.56. The number of ketones is 2. The Bertz CT molecular complexity index is 1540. The largest absolute Gasteiger partial charge is 0.378 e. The number of hydrogen-bond acceptors (Lipinski definition) is 8. The number of pyridine rings is 1. The van der Waals surface area contributed by atoms with E-state index in [1.54, 1.807) is 17.0 Å². The van der Waals surface area contributed by atoms with Gasteiger partial charge in [-0.05, 0) is 98.8 Å². The van der Waals surface area contributed by atoms with E-state index in [4.69, 9.17) is 10.00 Å². The molecule has 0 bridgehead atoms. The van der Waals surface area contributed by atoms with Crippen LogP contribution in [0.3, 0.4) is 0 Å². The van der Waals surface area contributed by atoms with E-state index in [1.807, 2.05) is 48.5 Å². The molecule has 0 saturated carbocycles. The van der Waals surface area contributed by atoms with Crippen LogP contribution in [0.25, 0.3) is 0 Å². The van der Waals surface area contributed by atoms with Crippen molar-refractivity contribution < 1.29 is 19.1 Å². The Hall–Kier alpha value is -4.39. The third-order valence-corrected chi connectivity index (χ3v) is 9.65. The number of piperidine rings is 2. The summed E-state index contributed by atoms with van der Waals surface area (Å²) in [5, 5.41) is 8.99. The van der Waals surface area contributed by atoms with Gasteiger partial charge in [-0.2, -0.15) is 5.26 Å². The first-order valence-corrected chi connectivity index (χ1v) is 16.4. The first-order chi connectivity index (χ1) is 22.5. The van der Waals surface area contributed by atoms with Crippen molar-refractivity contribution >= 4 is 23.2 Å². The zero-order valence-electron chi connectivity index (χ0n) is 26.3. The Morgan fingerprint density at radius 3 is 2.11 bits per heavy atom. The quantitative estimate of drug-likeness (QED) is 0.308. The maximum atomic E-state index is 13.2. The third-order valence-electron chi connectivity index (χ3n) is 9.65. The van der Waals surface area contributed by atoms with E-state index >= 15 is 0 Å². The number of ether oxygens (including phenoxy) is 1. The molecule has 0 spiro atoms. The molecule has 3 aliphatic rings. The molecule has 3 fully saturated rings. The summed E-state index contributed by atoms with van der Waals surface area (Å²) in [6.07, 6.45) is 5.15. The summed E-state index contributed by atoms with van der Waals surface area (Å²) in [6, 6.07) is 21.1. The predicted molar refractivity (Wildman–Crippen MR) is 175 cm³/mol. The highest BCUT2D eigenvalue weighted by Gasteiger charge is 2.29. The van der Waals surface area contributed by atoms with Crippen molar-refractivity contribution in [3.63, 3.8) is 0 Å². The van der Waals surface area contributed by atoms with Crippen LogP contribution in [0.4, 0.5) is 5.69 Å². The number of carbonyl (C=O) groups is 3. The second-order valence-electron chi connectivity index (χ2n) is 12.7. The molecule has 3 saturated heterocycles. The Morgan fingerprint density at radius 1 is 0.804 bits per heavy atom. The first-order valence-electron chi connectivity index (χ1n) is 16.4. The molecule has 3 aromatic rings. The number of rotatable bonds is 9. The number of nitrogens with zero attached hydrogens (tertiary/aromatic N) is 5. The molecular weight excluding hydrogens is 578 g/mol. The Kier molecular flexibility index (Phi) is 10.2. The van der Waals surface area contributed by atoms with E-state index < -0.39 is 0 Å². The van der Waals surface area contributed by atoms with Crippen LogP contribution in [0.2, 0.25) is 0 Å². The molecule has 3 aliphatic heterocycles. The van der Waals surface area contributed by atoms with Gasteiger partial charge in [-0.15, -0.1) is 0 Å². The molecular formula is C37H41N5O4. The number of hydrogen-bond donors (Lipinski definition) is 0. The van der Waals surface area contributed by atoms with Crippen molar-refractivity contribution in [2.75, 3.05) is 57.4 Å². The van der Waals surface area contributed by atoms with Crippen LogP contribution in [-0.4, -0.2) is 84.7 Å². The van der Waals surface area contributed by atoms with E-state index in [1.165, 1.54) is 11.8 Å². The van der Waals surface area contributed by atoms with Crippen molar-refractivity contribution in [3.05, 3.63) is 94.8 Å². The lowest BCUT2D eigenvalue weighted by Crippen LogP contribution is -2.40. The van der Waals surface area contributed by atoms with E-state index in [-0.39, 0.29) is 23.4 Å². The summed E-state index contributed by atoms with van der Waals surface area (Å²) in [5.74, 6) is 0.268. The number of aromatic nitrogens is 1. The number of anilines is 1. The van der Waals surface area contributed by atoms with E-state index in [2.05, 4.69) is 20.9 Å².